The van der Waals surface area contributed by atoms with Crippen LogP contribution in [0.25, 0.3) is 0 Å². The number of nitrogens with two attached hydrogens (primary N) is 1. The highest BCUT2D eigenvalue weighted by Crippen LogP contribution is 2.10. The fourth-order valence-electron chi connectivity index (χ4n) is 1.03. The fourth-order valence-corrected chi connectivity index (χ4v) is 1.14. The van der Waals surface area contributed by atoms with Crippen LogP contribution in [0.1, 0.15) is 19.8 Å². The largest absolute Gasteiger partial charge is 0.328 e. The first-order valence-electron chi connectivity index (χ1n) is 4.75. The first kappa shape index (κ1) is 11.9. The van der Waals surface area contributed by atoms with E-state index in [1.165, 1.54) is 6.20 Å². The molecule has 15 heavy (non-hydrogen) atoms. The van der Waals surface area contributed by atoms with Gasteiger partial charge in [0.15, 0.2) is 0 Å². The second kappa shape index (κ2) is 5.68. The van der Waals surface area contributed by atoms with E-state index in [0.29, 0.717) is 23.7 Å². The molecule has 0 aliphatic carbocycles. The van der Waals surface area contributed by atoms with Crippen molar-refractivity contribution in [1.29, 1.82) is 0 Å². The van der Waals surface area contributed by atoms with E-state index in [-0.39, 0.29) is 11.9 Å². The zero-order chi connectivity index (χ0) is 11.3. The van der Waals surface area contributed by atoms with Gasteiger partial charge in [-0.25, -0.2) is 4.98 Å². The summed E-state index contributed by atoms with van der Waals surface area (Å²) >= 11 is 5.61. The summed E-state index contributed by atoms with van der Waals surface area (Å²) in [5.41, 5.74) is 6.19. The smallest absolute Gasteiger partial charge is 0.224 e. The van der Waals surface area contributed by atoms with Gasteiger partial charge in [0.1, 0.15) is 5.15 Å². The van der Waals surface area contributed by atoms with Crippen molar-refractivity contribution in [3.63, 3.8) is 0 Å². The van der Waals surface area contributed by atoms with Crippen molar-refractivity contribution >= 4 is 23.2 Å². The molecule has 0 aliphatic heterocycles. The minimum absolute atomic E-state index is 0.0408. The van der Waals surface area contributed by atoms with Gasteiger partial charge in [-0.3, -0.25) is 4.79 Å². The van der Waals surface area contributed by atoms with Crippen molar-refractivity contribution in [3.05, 3.63) is 23.5 Å². The topological polar surface area (TPSA) is 68.0 Å². The van der Waals surface area contributed by atoms with Gasteiger partial charge in [0.2, 0.25) is 5.91 Å². The van der Waals surface area contributed by atoms with E-state index in [1.54, 1.807) is 12.1 Å². The van der Waals surface area contributed by atoms with Crippen molar-refractivity contribution in [2.45, 2.75) is 25.8 Å². The number of amides is 1. The molecule has 0 saturated heterocycles. The van der Waals surface area contributed by atoms with E-state index in [9.17, 15) is 4.79 Å². The molecule has 0 aliphatic rings. The molecule has 1 unspecified atom stereocenters. The second-order valence-electron chi connectivity index (χ2n) is 3.43. The molecule has 0 spiro atoms. The molecule has 3 N–H and O–H groups in total. The van der Waals surface area contributed by atoms with Crippen LogP contribution in [-0.2, 0) is 4.79 Å². The summed E-state index contributed by atoms with van der Waals surface area (Å²) in [6.45, 7) is 1.87. The number of aromatic nitrogens is 1. The molecule has 0 bridgehead atoms. The molecule has 4 nitrogen and oxygen atoms in total. The number of rotatable bonds is 4. The maximum Gasteiger partial charge on any atom is 0.224 e. The Kier molecular flexibility index (Phi) is 4.52. The predicted molar refractivity (Wildman–Crippen MR) is 60.8 cm³/mol. The third-order valence-corrected chi connectivity index (χ3v) is 2.06. The molecule has 1 amide bonds. The van der Waals surface area contributed by atoms with Gasteiger partial charge in [-0.1, -0.05) is 11.6 Å². The molecule has 1 atom stereocenters. The average Bonchev–Trinajstić information content (AvgIpc) is 2.19. The van der Waals surface area contributed by atoms with Gasteiger partial charge >= 0.3 is 0 Å². The van der Waals surface area contributed by atoms with Crippen LogP contribution in [-0.4, -0.2) is 16.9 Å². The minimum Gasteiger partial charge on any atom is -0.328 e. The molecule has 0 radical (unpaired) electrons. The molecule has 1 aromatic heterocycles. The van der Waals surface area contributed by atoms with Gasteiger partial charge in [0.05, 0.1) is 11.9 Å². The summed E-state index contributed by atoms with van der Waals surface area (Å²) in [7, 11) is 0. The third-order valence-electron chi connectivity index (χ3n) is 1.84. The molecule has 1 rings (SSSR count). The molecule has 0 aromatic carbocycles. The number of pyridine rings is 1. The van der Waals surface area contributed by atoms with Crippen LogP contribution in [0.5, 0.6) is 0 Å². The minimum atomic E-state index is -0.0589. The van der Waals surface area contributed by atoms with Crippen molar-refractivity contribution in [2.75, 3.05) is 5.32 Å². The first-order chi connectivity index (χ1) is 7.08. The summed E-state index contributed by atoms with van der Waals surface area (Å²) < 4.78 is 0. The number of anilines is 1. The Balaban J connectivity index is 2.41. The number of hydrogen-bond acceptors (Lipinski definition) is 3. The highest BCUT2D eigenvalue weighted by molar-refractivity contribution is 6.29. The lowest BCUT2D eigenvalue weighted by Gasteiger charge is -2.06. The lowest BCUT2D eigenvalue weighted by Crippen LogP contribution is -2.19. The Hall–Kier alpha value is -1.13. The van der Waals surface area contributed by atoms with Crippen LogP contribution < -0.4 is 11.1 Å². The van der Waals surface area contributed by atoms with Crippen molar-refractivity contribution < 1.29 is 4.79 Å². The predicted octanol–water partition coefficient (Wildman–Crippen LogP) is 1.80. The van der Waals surface area contributed by atoms with E-state index in [4.69, 9.17) is 17.3 Å². The van der Waals surface area contributed by atoms with Crippen LogP contribution in [0.15, 0.2) is 18.3 Å². The zero-order valence-electron chi connectivity index (χ0n) is 8.53. The molecule has 82 valence electrons. The Bertz CT molecular complexity index is 324. The standard InChI is InChI=1S/C10H14ClN3O/c1-7(12)2-5-10(15)14-8-3-4-9(11)13-6-8/h3-4,6-7H,2,5,12H2,1H3,(H,14,15). The van der Waals surface area contributed by atoms with Gasteiger partial charge < -0.3 is 11.1 Å². The van der Waals surface area contributed by atoms with Gasteiger partial charge in [-0.05, 0) is 25.5 Å². The Morgan fingerprint density at radius 2 is 2.40 bits per heavy atom. The van der Waals surface area contributed by atoms with Gasteiger partial charge in [-0.2, -0.15) is 0 Å². The van der Waals surface area contributed by atoms with E-state index >= 15 is 0 Å². The van der Waals surface area contributed by atoms with Crippen molar-refractivity contribution in [1.82, 2.24) is 4.98 Å². The summed E-state index contributed by atoms with van der Waals surface area (Å²) in [6, 6.07) is 3.38. The summed E-state index contributed by atoms with van der Waals surface area (Å²) in [4.78, 5) is 15.2. The van der Waals surface area contributed by atoms with Crippen LogP contribution in [0.2, 0.25) is 5.15 Å². The van der Waals surface area contributed by atoms with E-state index in [2.05, 4.69) is 10.3 Å². The fraction of sp³-hybridized carbons (Fsp3) is 0.400. The molecule has 1 aromatic rings. The lowest BCUT2D eigenvalue weighted by molar-refractivity contribution is -0.116. The molecule has 5 heteroatoms. The maximum atomic E-state index is 11.4. The number of carbonyl (C=O) groups excluding carboxylic acids is 1. The molecule has 0 saturated carbocycles. The van der Waals surface area contributed by atoms with E-state index in [1.807, 2.05) is 6.92 Å². The van der Waals surface area contributed by atoms with Gasteiger partial charge in [0.25, 0.3) is 0 Å². The zero-order valence-corrected chi connectivity index (χ0v) is 9.29. The van der Waals surface area contributed by atoms with Crippen LogP contribution in [0, 0.1) is 0 Å². The molecular weight excluding hydrogens is 214 g/mol. The monoisotopic (exact) mass is 227 g/mol. The van der Waals surface area contributed by atoms with Crippen LogP contribution >= 0.6 is 11.6 Å². The normalized spacial score (nSPS) is 12.2. The Morgan fingerprint density at radius 1 is 1.67 bits per heavy atom. The highest BCUT2D eigenvalue weighted by Gasteiger charge is 2.04. The Labute approximate surface area is 93.8 Å². The second-order valence-corrected chi connectivity index (χ2v) is 3.82. The molecular formula is C10H14ClN3O. The summed E-state index contributed by atoms with van der Waals surface area (Å²) in [5, 5.41) is 3.11. The van der Waals surface area contributed by atoms with Gasteiger partial charge in [0, 0.05) is 12.5 Å². The number of carbonyl (C=O) groups is 1. The van der Waals surface area contributed by atoms with E-state index in [0.717, 1.165) is 0 Å². The summed E-state index contributed by atoms with van der Waals surface area (Å²) in [5.74, 6) is -0.0589. The van der Waals surface area contributed by atoms with Crippen LogP contribution in [0.4, 0.5) is 5.69 Å². The van der Waals surface area contributed by atoms with E-state index < -0.39 is 0 Å². The maximum absolute atomic E-state index is 11.4. The summed E-state index contributed by atoms with van der Waals surface area (Å²) in [6.07, 6.45) is 2.61. The Morgan fingerprint density at radius 3 is 2.93 bits per heavy atom. The van der Waals surface area contributed by atoms with Gasteiger partial charge in [-0.15, -0.1) is 0 Å². The SMILES string of the molecule is CC(N)CCC(=O)Nc1ccc(Cl)nc1. The number of halogens is 1. The van der Waals surface area contributed by atoms with Crippen LogP contribution in [0.3, 0.4) is 0 Å². The highest BCUT2D eigenvalue weighted by atomic mass is 35.5. The lowest BCUT2D eigenvalue weighted by atomic mass is 10.2. The third kappa shape index (κ3) is 4.76. The quantitative estimate of drug-likeness (QED) is 0.771. The number of hydrogen-bond donors (Lipinski definition) is 2. The first-order valence-corrected chi connectivity index (χ1v) is 5.12. The molecule has 0 fully saturated rings. The number of nitrogens with zero attached hydrogens (tertiary/aromatic N) is 1. The van der Waals surface area contributed by atoms with Crippen molar-refractivity contribution in [2.24, 2.45) is 5.73 Å². The van der Waals surface area contributed by atoms with Crippen molar-refractivity contribution in [3.8, 4) is 0 Å². The number of nitrogens with one attached hydrogen (secondary N) is 1. The average molecular weight is 228 g/mol. The molecule has 1 heterocycles.